The molecule has 0 radical (unpaired) electrons. The van der Waals surface area contributed by atoms with Crippen LogP contribution in [0.4, 0.5) is 24.5 Å². The maximum absolute atomic E-state index is 13.5. The van der Waals surface area contributed by atoms with E-state index >= 15 is 0 Å². The van der Waals surface area contributed by atoms with Gasteiger partial charge in [-0.25, -0.2) is 21.6 Å². The zero-order valence-corrected chi connectivity index (χ0v) is 17.5. The molecular weight excluding hydrogens is 445 g/mol. The Labute approximate surface area is 183 Å². The Morgan fingerprint density at radius 1 is 0.875 bits per heavy atom. The van der Waals surface area contributed by atoms with E-state index in [2.05, 4.69) is 10.0 Å². The van der Waals surface area contributed by atoms with E-state index < -0.39 is 27.5 Å². The maximum Gasteiger partial charge on any atom is 0.261 e. The second kappa shape index (κ2) is 10.2. The van der Waals surface area contributed by atoms with Crippen LogP contribution in [0.3, 0.4) is 0 Å². The van der Waals surface area contributed by atoms with Gasteiger partial charge in [0.1, 0.15) is 11.6 Å². The Morgan fingerprint density at radius 3 is 2.28 bits per heavy atom. The molecule has 0 aliphatic carbocycles. The molecule has 10 heteroatoms. The Kier molecular flexibility index (Phi) is 7.37. The molecule has 0 unspecified atom stereocenters. The van der Waals surface area contributed by atoms with E-state index in [4.69, 9.17) is 4.74 Å². The van der Waals surface area contributed by atoms with Gasteiger partial charge in [-0.15, -0.1) is 0 Å². The average molecular weight is 464 g/mol. The molecule has 168 valence electrons. The first-order valence-electron chi connectivity index (χ1n) is 9.49. The molecule has 0 atom stereocenters. The summed E-state index contributed by atoms with van der Waals surface area (Å²) in [6.45, 7) is 0.0545. The summed E-state index contributed by atoms with van der Waals surface area (Å²) in [5.41, 5.74) is 0.468. The average Bonchev–Trinajstić information content (AvgIpc) is 2.72. The second-order valence-electron chi connectivity index (χ2n) is 6.72. The lowest BCUT2D eigenvalue weighted by Crippen LogP contribution is -2.14. The van der Waals surface area contributed by atoms with Crippen LogP contribution in [0.2, 0.25) is 0 Å². The minimum atomic E-state index is -3.93. The zero-order valence-electron chi connectivity index (χ0n) is 16.6. The summed E-state index contributed by atoms with van der Waals surface area (Å²) < 4.78 is 71.8. The molecule has 0 bridgehead atoms. The van der Waals surface area contributed by atoms with Crippen LogP contribution in [0.1, 0.15) is 12.8 Å². The molecule has 6 nitrogen and oxygen atoms in total. The number of sulfonamides is 1. The fraction of sp³-hybridized carbons (Fsp3) is 0.136. The highest BCUT2D eigenvalue weighted by molar-refractivity contribution is 7.92. The molecule has 32 heavy (non-hydrogen) atoms. The normalized spacial score (nSPS) is 11.1. The largest absolute Gasteiger partial charge is 0.491 e. The van der Waals surface area contributed by atoms with Gasteiger partial charge in [0.2, 0.25) is 5.91 Å². The van der Waals surface area contributed by atoms with Crippen molar-refractivity contribution in [3.63, 3.8) is 0 Å². The molecule has 0 saturated carbocycles. The van der Waals surface area contributed by atoms with E-state index in [1.165, 1.54) is 48.5 Å². The first kappa shape index (κ1) is 23.1. The number of amides is 1. The predicted molar refractivity (Wildman–Crippen MR) is 113 cm³/mol. The standard InChI is InChI=1S/C22H19F3N2O4S/c23-15-3-1-4-18(13-15)27-32(29,30)19-9-7-17(8-10-19)26-22(28)5-2-12-31-21-11-6-16(24)14-20(21)25/h1,3-4,6-11,13-14,27H,2,5,12H2,(H,26,28). The lowest BCUT2D eigenvalue weighted by atomic mass is 10.2. The highest BCUT2D eigenvalue weighted by Crippen LogP contribution is 2.20. The number of hydrogen-bond acceptors (Lipinski definition) is 4. The van der Waals surface area contributed by atoms with Crippen LogP contribution < -0.4 is 14.8 Å². The Bertz CT molecular complexity index is 1200. The topological polar surface area (TPSA) is 84.5 Å². The van der Waals surface area contributed by atoms with Crippen LogP contribution in [0.5, 0.6) is 5.75 Å². The molecule has 0 aliphatic rings. The number of halogens is 3. The number of hydrogen-bond donors (Lipinski definition) is 2. The highest BCUT2D eigenvalue weighted by atomic mass is 32.2. The summed E-state index contributed by atoms with van der Waals surface area (Å²) in [4.78, 5) is 12.0. The fourth-order valence-electron chi connectivity index (χ4n) is 2.71. The number of rotatable bonds is 9. The molecule has 0 aromatic heterocycles. The Balaban J connectivity index is 1.48. The number of ether oxygens (including phenoxy) is 1. The van der Waals surface area contributed by atoms with Crippen molar-refractivity contribution in [2.24, 2.45) is 0 Å². The van der Waals surface area contributed by atoms with Gasteiger partial charge in [0, 0.05) is 18.2 Å². The summed E-state index contributed by atoms with van der Waals surface area (Å²) in [5.74, 6) is -2.55. The number of carbonyl (C=O) groups excluding carboxylic acids is 1. The molecule has 0 aliphatic heterocycles. The highest BCUT2D eigenvalue weighted by Gasteiger charge is 2.15. The lowest BCUT2D eigenvalue weighted by molar-refractivity contribution is -0.116. The van der Waals surface area contributed by atoms with Gasteiger partial charge in [0.25, 0.3) is 10.0 Å². The van der Waals surface area contributed by atoms with Gasteiger partial charge in [0.05, 0.1) is 17.2 Å². The summed E-state index contributed by atoms with van der Waals surface area (Å²) in [6.07, 6.45) is 0.358. The molecule has 1 amide bonds. The van der Waals surface area contributed by atoms with Gasteiger partial charge >= 0.3 is 0 Å². The number of benzene rings is 3. The van der Waals surface area contributed by atoms with E-state index in [-0.39, 0.29) is 41.7 Å². The van der Waals surface area contributed by atoms with Gasteiger partial charge in [-0.2, -0.15) is 0 Å². The predicted octanol–water partition coefficient (Wildman–Crippen LogP) is 4.70. The van der Waals surface area contributed by atoms with Crippen LogP contribution in [0.15, 0.2) is 71.6 Å². The molecule has 0 fully saturated rings. The third-order valence-electron chi connectivity index (χ3n) is 4.22. The van der Waals surface area contributed by atoms with Crippen LogP contribution in [0.25, 0.3) is 0 Å². The molecule has 0 saturated heterocycles. The van der Waals surface area contributed by atoms with Gasteiger partial charge in [-0.3, -0.25) is 9.52 Å². The molecule has 3 aromatic rings. The van der Waals surface area contributed by atoms with Crippen LogP contribution >= 0.6 is 0 Å². The van der Waals surface area contributed by atoms with Gasteiger partial charge in [0.15, 0.2) is 11.6 Å². The SMILES string of the molecule is O=C(CCCOc1ccc(F)cc1F)Nc1ccc(S(=O)(=O)Nc2cccc(F)c2)cc1. The van der Waals surface area contributed by atoms with Crippen molar-refractivity contribution in [3.05, 3.63) is 84.2 Å². The van der Waals surface area contributed by atoms with Crippen LogP contribution in [-0.2, 0) is 14.8 Å². The first-order chi connectivity index (χ1) is 15.2. The van der Waals surface area contributed by atoms with Crippen molar-refractivity contribution < 1.29 is 31.1 Å². The molecule has 3 aromatic carbocycles. The fourth-order valence-corrected chi connectivity index (χ4v) is 3.76. The van der Waals surface area contributed by atoms with Crippen molar-refractivity contribution in [2.45, 2.75) is 17.7 Å². The molecule has 3 rings (SSSR count). The molecule has 0 heterocycles. The molecule has 2 N–H and O–H groups in total. The quantitative estimate of drug-likeness (QED) is 0.450. The zero-order chi connectivity index (χ0) is 23.1. The second-order valence-corrected chi connectivity index (χ2v) is 8.40. The van der Waals surface area contributed by atoms with Gasteiger partial charge < -0.3 is 10.1 Å². The summed E-state index contributed by atoms with van der Waals surface area (Å²) in [6, 6.07) is 13.4. The van der Waals surface area contributed by atoms with Gasteiger partial charge in [-0.1, -0.05) is 6.07 Å². The minimum absolute atomic E-state index is 0.0545. The molecular formula is C22H19F3N2O4S. The van der Waals surface area contributed by atoms with E-state index in [1.54, 1.807) is 0 Å². The lowest BCUT2D eigenvalue weighted by Gasteiger charge is -2.10. The maximum atomic E-state index is 13.5. The Hall–Kier alpha value is -3.53. The van der Waals surface area contributed by atoms with E-state index in [1.807, 2.05) is 0 Å². The smallest absolute Gasteiger partial charge is 0.261 e. The van der Waals surface area contributed by atoms with Crippen molar-refractivity contribution in [1.29, 1.82) is 0 Å². The molecule has 0 spiro atoms. The summed E-state index contributed by atoms with van der Waals surface area (Å²) in [7, 11) is -3.93. The Morgan fingerprint density at radius 2 is 1.59 bits per heavy atom. The van der Waals surface area contributed by atoms with Crippen molar-refractivity contribution in [2.75, 3.05) is 16.6 Å². The van der Waals surface area contributed by atoms with Crippen molar-refractivity contribution in [1.82, 2.24) is 0 Å². The number of carbonyl (C=O) groups is 1. The van der Waals surface area contributed by atoms with Gasteiger partial charge in [-0.05, 0) is 61.0 Å². The van der Waals surface area contributed by atoms with E-state index in [0.29, 0.717) is 11.8 Å². The first-order valence-corrected chi connectivity index (χ1v) is 11.0. The summed E-state index contributed by atoms with van der Waals surface area (Å²) >= 11 is 0. The third-order valence-corrected chi connectivity index (χ3v) is 5.62. The van der Waals surface area contributed by atoms with Crippen molar-refractivity contribution >= 4 is 27.3 Å². The van der Waals surface area contributed by atoms with E-state index in [9.17, 15) is 26.4 Å². The van der Waals surface area contributed by atoms with Crippen LogP contribution in [-0.4, -0.2) is 20.9 Å². The monoisotopic (exact) mass is 464 g/mol. The third kappa shape index (κ3) is 6.48. The number of anilines is 2. The number of nitrogens with one attached hydrogen (secondary N) is 2. The minimum Gasteiger partial charge on any atom is -0.491 e. The van der Waals surface area contributed by atoms with E-state index in [0.717, 1.165) is 12.1 Å². The van der Waals surface area contributed by atoms with Crippen LogP contribution in [0, 0.1) is 17.5 Å². The van der Waals surface area contributed by atoms with Crippen molar-refractivity contribution in [3.8, 4) is 5.75 Å². The summed E-state index contributed by atoms with van der Waals surface area (Å²) in [5, 5.41) is 2.61.